The standard InChI is InChI=1S/C16H15BrCl2O3S/c1-23(20,21)22-10-12(8-11-4-2-3-5-15(11)17)14-7-6-13(18)9-16(14)19/h2-7,9,12H,8,10H2,1H3. The molecular formula is C16H15BrCl2O3S. The molecule has 0 spiro atoms. The quantitative estimate of drug-likeness (QED) is 0.593. The van der Waals surface area contributed by atoms with Crippen LogP contribution >= 0.6 is 39.1 Å². The molecule has 2 rings (SSSR count). The summed E-state index contributed by atoms with van der Waals surface area (Å²) in [6, 6.07) is 12.9. The Morgan fingerprint density at radius 2 is 1.87 bits per heavy atom. The monoisotopic (exact) mass is 436 g/mol. The maximum Gasteiger partial charge on any atom is 0.264 e. The number of hydrogen-bond acceptors (Lipinski definition) is 3. The molecule has 124 valence electrons. The average molecular weight is 438 g/mol. The van der Waals surface area contributed by atoms with E-state index in [0.29, 0.717) is 16.5 Å². The molecule has 0 aliphatic heterocycles. The molecule has 0 saturated carbocycles. The van der Waals surface area contributed by atoms with Gasteiger partial charge >= 0.3 is 0 Å². The summed E-state index contributed by atoms with van der Waals surface area (Å²) in [6.45, 7) is 0.0154. The Morgan fingerprint density at radius 3 is 2.48 bits per heavy atom. The lowest BCUT2D eigenvalue weighted by Gasteiger charge is -2.19. The third-order valence-electron chi connectivity index (χ3n) is 3.31. The van der Waals surface area contributed by atoms with E-state index in [9.17, 15) is 8.42 Å². The van der Waals surface area contributed by atoms with Gasteiger partial charge in [0.1, 0.15) is 0 Å². The lowest BCUT2D eigenvalue weighted by Crippen LogP contribution is -2.15. The van der Waals surface area contributed by atoms with Crippen molar-refractivity contribution in [3.63, 3.8) is 0 Å². The van der Waals surface area contributed by atoms with E-state index < -0.39 is 10.1 Å². The highest BCUT2D eigenvalue weighted by molar-refractivity contribution is 9.10. The molecule has 2 aromatic rings. The van der Waals surface area contributed by atoms with E-state index in [0.717, 1.165) is 21.9 Å². The molecule has 0 bridgehead atoms. The van der Waals surface area contributed by atoms with Gasteiger partial charge in [-0.15, -0.1) is 0 Å². The summed E-state index contributed by atoms with van der Waals surface area (Å²) in [5.74, 6) is -0.215. The molecule has 0 heterocycles. The summed E-state index contributed by atoms with van der Waals surface area (Å²) in [6.07, 6.45) is 1.62. The highest BCUT2D eigenvalue weighted by Gasteiger charge is 2.19. The molecule has 1 atom stereocenters. The van der Waals surface area contributed by atoms with Crippen molar-refractivity contribution < 1.29 is 12.6 Å². The Balaban J connectivity index is 2.33. The van der Waals surface area contributed by atoms with E-state index in [1.165, 1.54) is 0 Å². The lowest BCUT2D eigenvalue weighted by atomic mass is 9.92. The fraction of sp³-hybridized carbons (Fsp3) is 0.250. The third kappa shape index (κ3) is 5.76. The van der Waals surface area contributed by atoms with Crippen LogP contribution in [0.25, 0.3) is 0 Å². The van der Waals surface area contributed by atoms with Gasteiger partial charge in [-0.2, -0.15) is 8.42 Å². The van der Waals surface area contributed by atoms with E-state index in [1.54, 1.807) is 18.2 Å². The van der Waals surface area contributed by atoms with Crippen LogP contribution in [0.4, 0.5) is 0 Å². The molecule has 0 fully saturated rings. The zero-order valence-corrected chi connectivity index (χ0v) is 16.2. The van der Waals surface area contributed by atoms with Gasteiger partial charge in [0.15, 0.2) is 0 Å². The van der Waals surface area contributed by atoms with E-state index in [4.69, 9.17) is 27.4 Å². The maximum absolute atomic E-state index is 11.3. The van der Waals surface area contributed by atoms with Crippen LogP contribution in [0.2, 0.25) is 10.0 Å². The Hall–Kier alpha value is -0.590. The molecule has 7 heteroatoms. The van der Waals surface area contributed by atoms with Crippen molar-refractivity contribution >= 4 is 49.2 Å². The van der Waals surface area contributed by atoms with Gasteiger partial charge in [-0.3, -0.25) is 4.18 Å². The van der Waals surface area contributed by atoms with E-state index >= 15 is 0 Å². The molecule has 1 unspecified atom stereocenters. The molecule has 3 nitrogen and oxygen atoms in total. The first-order valence-electron chi connectivity index (χ1n) is 6.79. The minimum atomic E-state index is -3.53. The van der Waals surface area contributed by atoms with Crippen molar-refractivity contribution in [1.29, 1.82) is 0 Å². The van der Waals surface area contributed by atoms with Crippen molar-refractivity contribution in [3.05, 3.63) is 68.1 Å². The van der Waals surface area contributed by atoms with Gasteiger partial charge in [-0.05, 0) is 35.7 Å². The van der Waals surface area contributed by atoms with Crippen LogP contribution in [0, 0.1) is 0 Å². The van der Waals surface area contributed by atoms with Gasteiger partial charge in [-0.25, -0.2) is 0 Å². The summed E-state index contributed by atoms with van der Waals surface area (Å²) in [5, 5.41) is 1.02. The number of halogens is 3. The SMILES string of the molecule is CS(=O)(=O)OCC(Cc1ccccc1Br)c1ccc(Cl)cc1Cl. The van der Waals surface area contributed by atoms with E-state index in [2.05, 4.69) is 15.9 Å². The zero-order chi connectivity index (χ0) is 17.0. The molecule has 0 N–H and O–H groups in total. The Morgan fingerprint density at radius 1 is 1.17 bits per heavy atom. The van der Waals surface area contributed by atoms with Crippen LogP contribution in [0.15, 0.2) is 46.9 Å². The van der Waals surface area contributed by atoms with Crippen molar-refractivity contribution in [1.82, 2.24) is 0 Å². The molecule has 23 heavy (non-hydrogen) atoms. The van der Waals surface area contributed by atoms with Gasteiger partial charge in [0, 0.05) is 20.4 Å². The smallest absolute Gasteiger partial charge is 0.264 e. The van der Waals surface area contributed by atoms with Gasteiger partial charge in [0.2, 0.25) is 0 Å². The van der Waals surface area contributed by atoms with Crippen molar-refractivity contribution in [2.24, 2.45) is 0 Å². The van der Waals surface area contributed by atoms with E-state index in [1.807, 2.05) is 24.3 Å². The Labute approximate surface area is 154 Å². The number of hydrogen-bond donors (Lipinski definition) is 0. The fourth-order valence-electron chi connectivity index (χ4n) is 2.23. The van der Waals surface area contributed by atoms with Gasteiger partial charge < -0.3 is 0 Å². The Bertz CT molecular complexity index is 794. The van der Waals surface area contributed by atoms with Crippen LogP contribution in [0.5, 0.6) is 0 Å². The third-order valence-corrected chi connectivity index (χ3v) is 5.21. The van der Waals surface area contributed by atoms with Crippen LogP contribution in [0.3, 0.4) is 0 Å². The lowest BCUT2D eigenvalue weighted by molar-refractivity contribution is 0.293. The largest absolute Gasteiger partial charge is 0.270 e. The van der Waals surface area contributed by atoms with E-state index in [-0.39, 0.29) is 12.5 Å². The minimum absolute atomic E-state index is 0.0154. The molecular weight excluding hydrogens is 423 g/mol. The zero-order valence-electron chi connectivity index (χ0n) is 12.3. The van der Waals surface area contributed by atoms with Crippen LogP contribution < -0.4 is 0 Å². The van der Waals surface area contributed by atoms with Crippen LogP contribution in [-0.4, -0.2) is 21.3 Å². The highest BCUT2D eigenvalue weighted by Crippen LogP contribution is 2.32. The number of benzene rings is 2. The second-order valence-electron chi connectivity index (χ2n) is 5.15. The molecule has 0 saturated heterocycles. The number of rotatable bonds is 6. The molecule has 0 aliphatic carbocycles. The molecule has 0 radical (unpaired) electrons. The normalized spacial score (nSPS) is 13.0. The summed E-state index contributed by atoms with van der Waals surface area (Å²) in [7, 11) is -3.53. The minimum Gasteiger partial charge on any atom is -0.270 e. The highest BCUT2D eigenvalue weighted by atomic mass is 79.9. The van der Waals surface area contributed by atoms with Crippen molar-refractivity contribution in [2.45, 2.75) is 12.3 Å². The van der Waals surface area contributed by atoms with Gasteiger partial charge in [-0.1, -0.05) is 63.4 Å². The first-order chi connectivity index (χ1) is 10.8. The molecule has 0 amide bonds. The summed E-state index contributed by atoms with van der Waals surface area (Å²) < 4.78 is 28.6. The summed E-state index contributed by atoms with van der Waals surface area (Å²) in [4.78, 5) is 0. The van der Waals surface area contributed by atoms with Crippen molar-refractivity contribution in [2.75, 3.05) is 12.9 Å². The molecule has 0 aromatic heterocycles. The molecule has 2 aromatic carbocycles. The average Bonchev–Trinajstić information content (AvgIpc) is 2.45. The van der Waals surface area contributed by atoms with Crippen LogP contribution in [-0.2, 0) is 20.7 Å². The second kappa shape index (κ2) is 7.99. The first kappa shape index (κ1) is 18.7. The predicted molar refractivity (Wildman–Crippen MR) is 97.8 cm³/mol. The second-order valence-corrected chi connectivity index (χ2v) is 8.49. The first-order valence-corrected chi connectivity index (χ1v) is 10.2. The Kier molecular flexibility index (Phi) is 6.51. The summed E-state index contributed by atoms with van der Waals surface area (Å²) in [5.41, 5.74) is 1.84. The topological polar surface area (TPSA) is 43.4 Å². The summed E-state index contributed by atoms with van der Waals surface area (Å²) >= 11 is 15.7. The van der Waals surface area contributed by atoms with Gasteiger partial charge in [0.05, 0.1) is 12.9 Å². The maximum atomic E-state index is 11.3. The van der Waals surface area contributed by atoms with Crippen LogP contribution in [0.1, 0.15) is 17.0 Å². The fourth-order valence-corrected chi connectivity index (χ4v) is 3.65. The molecule has 0 aliphatic rings. The van der Waals surface area contributed by atoms with Crippen molar-refractivity contribution in [3.8, 4) is 0 Å². The van der Waals surface area contributed by atoms with Gasteiger partial charge in [0.25, 0.3) is 10.1 Å². The predicted octanol–water partition coefficient (Wildman–Crippen LogP) is 5.06.